The molecule has 0 bridgehead atoms. The molecule has 0 saturated heterocycles. The number of aliphatic hydroxyl groups is 1. The second kappa shape index (κ2) is 6.11. The molecule has 0 aromatic heterocycles. The summed E-state index contributed by atoms with van der Waals surface area (Å²) in [6.45, 7) is 6.54. The third kappa shape index (κ3) is 2.54. The molecule has 1 unspecified atom stereocenters. The van der Waals surface area contributed by atoms with Gasteiger partial charge in [-0.1, -0.05) is 31.3 Å². The third-order valence-electron chi connectivity index (χ3n) is 8.59. The summed E-state index contributed by atoms with van der Waals surface area (Å²) in [5.74, 6) is 8.36. The molecule has 4 rings (SSSR count). The Kier molecular flexibility index (Phi) is 4.37. The van der Waals surface area contributed by atoms with Gasteiger partial charge in [0.25, 0.3) is 0 Å². The van der Waals surface area contributed by atoms with Crippen molar-refractivity contribution in [2.75, 3.05) is 0 Å². The average molecular weight is 375 g/mol. The van der Waals surface area contributed by atoms with Gasteiger partial charge in [-0.3, -0.25) is 4.79 Å². The highest BCUT2D eigenvalue weighted by molar-refractivity contribution is 6.22. The van der Waals surface area contributed by atoms with Gasteiger partial charge in [0.1, 0.15) is 5.60 Å². The van der Waals surface area contributed by atoms with E-state index in [2.05, 4.69) is 25.7 Å². The van der Waals surface area contributed by atoms with Crippen LogP contribution in [0.5, 0.6) is 0 Å². The Morgan fingerprint density at radius 1 is 1.15 bits per heavy atom. The molecule has 0 heterocycles. The molecule has 3 heteroatoms. The van der Waals surface area contributed by atoms with E-state index in [9.17, 15) is 9.90 Å². The zero-order chi connectivity index (χ0) is 18.7. The molecule has 3 saturated carbocycles. The van der Waals surface area contributed by atoms with Gasteiger partial charge in [0.2, 0.25) is 0 Å². The van der Waals surface area contributed by atoms with Gasteiger partial charge in [0.05, 0.1) is 5.38 Å². The SMILES string of the molecule is CC(Cl)C#C[C@]1(O)CC[C@H]2[C@@H]3CCC4=CC(=O)CC[C@]4(C)[C@H]3CC[C@@]21C. The fourth-order valence-corrected chi connectivity index (χ4v) is 7.05. The maximum Gasteiger partial charge on any atom is 0.155 e. The summed E-state index contributed by atoms with van der Waals surface area (Å²) < 4.78 is 0. The van der Waals surface area contributed by atoms with Crippen molar-refractivity contribution in [3.8, 4) is 11.8 Å². The van der Waals surface area contributed by atoms with Crippen molar-refractivity contribution < 1.29 is 9.90 Å². The van der Waals surface area contributed by atoms with E-state index < -0.39 is 5.60 Å². The van der Waals surface area contributed by atoms with Crippen LogP contribution in [0, 0.1) is 40.4 Å². The number of halogens is 1. The molecule has 0 amide bonds. The highest BCUT2D eigenvalue weighted by Gasteiger charge is 2.63. The summed E-state index contributed by atoms with van der Waals surface area (Å²) in [6.07, 6.45) is 9.89. The number of hydrogen-bond acceptors (Lipinski definition) is 2. The number of alkyl halides is 1. The van der Waals surface area contributed by atoms with Crippen molar-refractivity contribution in [2.45, 2.75) is 83.1 Å². The van der Waals surface area contributed by atoms with E-state index in [1.807, 2.05) is 13.0 Å². The number of rotatable bonds is 0. The monoisotopic (exact) mass is 374 g/mol. The predicted octanol–water partition coefficient (Wildman–Crippen LogP) is 4.88. The lowest BCUT2D eigenvalue weighted by molar-refractivity contribution is -0.119. The van der Waals surface area contributed by atoms with Crippen LogP contribution in [0.15, 0.2) is 11.6 Å². The Morgan fingerprint density at radius 2 is 1.88 bits per heavy atom. The van der Waals surface area contributed by atoms with Crippen molar-refractivity contribution in [2.24, 2.45) is 28.6 Å². The van der Waals surface area contributed by atoms with E-state index in [1.165, 1.54) is 5.57 Å². The van der Waals surface area contributed by atoms with Gasteiger partial charge in [-0.15, -0.1) is 11.6 Å². The lowest BCUT2D eigenvalue weighted by Gasteiger charge is -2.58. The van der Waals surface area contributed by atoms with Crippen molar-refractivity contribution in [1.29, 1.82) is 0 Å². The number of hydrogen-bond donors (Lipinski definition) is 1. The summed E-state index contributed by atoms with van der Waals surface area (Å²) in [4.78, 5) is 11.9. The quantitative estimate of drug-likeness (QED) is 0.484. The van der Waals surface area contributed by atoms with Crippen LogP contribution in [-0.4, -0.2) is 21.9 Å². The number of ketones is 1. The summed E-state index contributed by atoms with van der Waals surface area (Å²) in [5, 5.41) is 11.2. The van der Waals surface area contributed by atoms with Crippen LogP contribution >= 0.6 is 11.6 Å². The van der Waals surface area contributed by atoms with Crippen LogP contribution in [0.4, 0.5) is 0 Å². The fraction of sp³-hybridized carbons (Fsp3) is 0.783. The minimum atomic E-state index is -0.897. The molecule has 0 spiro atoms. The Balaban J connectivity index is 1.66. The molecule has 2 nitrogen and oxygen atoms in total. The summed E-state index contributed by atoms with van der Waals surface area (Å²) >= 11 is 6.04. The van der Waals surface area contributed by atoms with E-state index in [0.29, 0.717) is 30.0 Å². The molecule has 1 N–H and O–H groups in total. The minimum absolute atomic E-state index is 0.130. The Labute approximate surface area is 162 Å². The smallest absolute Gasteiger partial charge is 0.155 e. The molecule has 4 aliphatic carbocycles. The van der Waals surface area contributed by atoms with Gasteiger partial charge < -0.3 is 5.11 Å². The highest BCUT2D eigenvalue weighted by atomic mass is 35.5. The lowest BCUT2D eigenvalue weighted by atomic mass is 9.46. The van der Waals surface area contributed by atoms with Gasteiger partial charge >= 0.3 is 0 Å². The van der Waals surface area contributed by atoms with E-state index in [1.54, 1.807) is 0 Å². The predicted molar refractivity (Wildman–Crippen MR) is 105 cm³/mol. The topological polar surface area (TPSA) is 37.3 Å². The summed E-state index contributed by atoms with van der Waals surface area (Å²) in [7, 11) is 0. The highest BCUT2D eigenvalue weighted by Crippen LogP contribution is 2.67. The number of allylic oxidation sites excluding steroid dienone is 1. The van der Waals surface area contributed by atoms with E-state index in [4.69, 9.17) is 11.6 Å². The molecule has 3 fully saturated rings. The van der Waals surface area contributed by atoms with Crippen LogP contribution in [0.1, 0.15) is 72.1 Å². The van der Waals surface area contributed by atoms with Crippen LogP contribution in [0.3, 0.4) is 0 Å². The van der Waals surface area contributed by atoms with Crippen molar-refractivity contribution in [3.05, 3.63) is 11.6 Å². The first-order chi connectivity index (χ1) is 12.2. The number of fused-ring (bicyclic) bond motifs is 5. The minimum Gasteiger partial charge on any atom is -0.377 e. The molecule has 26 heavy (non-hydrogen) atoms. The van der Waals surface area contributed by atoms with Crippen molar-refractivity contribution in [1.82, 2.24) is 0 Å². The van der Waals surface area contributed by atoms with Crippen LogP contribution < -0.4 is 0 Å². The first-order valence-electron chi connectivity index (χ1n) is 10.3. The molecule has 4 aliphatic rings. The van der Waals surface area contributed by atoms with Gasteiger partial charge in [-0.05, 0) is 81.1 Å². The van der Waals surface area contributed by atoms with Gasteiger partial charge in [-0.2, -0.15) is 0 Å². The Bertz CT molecular complexity index is 713. The van der Waals surface area contributed by atoms with E-state index in [-0.39, 0.29) is 16.2 Å². The molecule has 142 valence electrons. The van der Waals surface area contributed by atoms with Crippen molar-refractivity contribution >= 4 is 17.4 Å². The average Bonchev–Trinajstić information content (AvgIpc) is 2.86. The largest absolute Gasteiger partial charge is 0.377 e. The van der Waals surface area contributed by atoms with Gasteiger partial charge in [-0.25, -0.2) is 0 Å². The third-order valence-corrected chi connectivity index (χ3v) is 8.70. The zero-order valence-corrected chi connectivity index (χ0v) is 17.0. The molecular weight excluding hydrogens is 344 g/mol. The van der Waals surface area contributed by atoms with Crippen LogP contribution in [0.25, 0.3) is 0 Å². The molecule has 0 aromatic carbocycles. The normalized spacial score (nSPS) is 48.4. The Morgan fingerprint density at radius 3 is 2.62 bits per heavy atom. The van der Waals surface area contributed by atoms with E-state index >= 15 is 0 Å². The number of carbonyl (C=O) groups is 1. The molecule has 0 aromatic rings. The van der Waals surface area contributed by atoms with Gasteiger partial charge in [0.15, 0.2) is 5.78 Å². The molecular formula is C23H31ClO2. The van der Waals surface area contributed by atoms with Crippen molar-refractivity contribution in [3.63, 3.8) is 0 Å². The van der Waals surface area contributed by atoms with Crippen LogP contribution in [0.2, 0.25) is 0 Å². The molecule has 0 aliphatic heterocycles. The van der Waals surface area contributed by atoms with Crippen LogP contribution in [-0.2, 0) is 4.79 Å². The van der Waals surface area contributed by atoms with Gasteiger partial charge in [0, 0.05) is 11.8 Å². The first kappa shape index (κ1) is 18.6. The Hall–Kier alpha value is -0.780. The second-order valence-electron chi connectivity index (χ2n) is 9.71. The summed E-state index contributed by atoms with van der Waals surface area (Å²) in [6, 6.07) is 0. The lowest BCUT2D eigenvalue weighted by Crippen LogP contribution is -2.54. The maximum absolute atomic E-state index is 11.9. The first-order valence-corrected chi connectivity index (χ1v) is 10.8. The molecule has 0 radical (unpaired) electrons. The van der Waals surface area contributed by atoms with E-state index in [0.717, 1.165) is 44.9 Å². The zero-order valence-electron chi connectivity index (χ0n) is 16.3. The second-order valence-corrected chi connectivity index (χ2v) is 10.4. The maximum atomic E-state index is 11.9. The molecule has 7 atom stereocenters. The fourth-order valence-electron chi connectivity index (χ4n) is 7.00. The standard InChI is InChI=1S/C23H31ClO2/c1-15(24)6-12-23(26)13-9-20-18-5-4-16-14-17(25)7-10-21(16,2)19(18)8-11-22(20,23)3/h14-15,18-20,26H,4-5,7-11,13H2,1-3H3/t15?,18-,19+,20+,21+,22+,23+/m1/s1. The number of carbonyl (C=O) groups excluding carboxylic acids is 1. The summed E-state index contributed by atoms with van der Waals surface area (Å²) in [5.41, 5.74) is 0.567.